The lowest BCUT2D eigenvalue weighted by molar-refractivity contribution is 0.102. The van der Waals surface area contributed by atoms with E-state index in [0.717, 1.165) is 22.0 Å². The van der Waals surface area contributed by atoms with Crippen LogP contribution < -0.4 is 5.32 Å². The molecular weight excluding hydrogens is 340 g/mol. The van der Waals surface area contributed by atoms with Crippen molar-refractivity contribution in [1.82, 2.24) is 15.2 Å². The van der Waals surface area contributed by atoms with Gasteiger partial charge in [0, 0.05) is 27.2 Å². The Bertz CT molecular complexity index is 1070. The molecule has 0 aliphatic heterocycles. The van der Waals surface area contributed by atoms with Gasteiger partial charge < -0.3 is 14.7 Å². The molecule has 0 saturated heterocycles. The number of nitrogens with zero attached hydrogens (tertiary/aromatic N) is 2. The first-order valence-electron chi connectivity index (χ1n) is 7.57. The van der Waals surface area contributed by atoms with Crippen LogP contribution in [0.1, 0.15) is 16.1 Å². The zero-order valence-electron chi connectivity index (χ0n) is 13.2. The van der Waals surface area contributed by atoms with Crippen LogP contribution in [0.5, 0.6) is 0 Å². The molecule has 1 amide bonds. The van der Waals surface area contributed by atoms with Crippen molar-refractivity contribution >= 4 is 34.1 Å². The molecule has 0 atom stereocenters. The quantitative estimate of drug-likeness (QED) is 0.571. The zero-order valence-corrected chi connectivity index (χ0v) is 14.0. The maximum absolute atomic E-state index is 12.6. The molecule has 0 aliphatic carbocycles. The Morgan fingerprint density at radius 2 is 2.08 bits per heavy atom. The number of carbonyl (C=O) groups is 1. The lowest BCUT2D eigenvalue weighted by atomic mass is 10.1. The molecule has 0 saturated carbocycles. The summed E-state index contributed by atoms with van der Waals surface area (Å²) in [5.74, 6) is 0.161. The largest absolute Gasteiger partial charge is 0.423 e. The maximum Gasteiger partial charge on any atom is 0.272 e. The molecule has 2 heterocycles. The number of fused-ring (bicyclic) bond motifs is 1. The van der Waals surface area contributed by atoms with E-state index in [9.17, 15) is 4.79 Å². The van der Waals surface area contributed by atoms with E-state index in [4.69, 9.17) is 16.0 Å². The molecule has 2 aromatic heterocycles. The van der Waals surface area contributed by atoms with E-state index in [1.165, 1.54) is 6.39 Å². The average molecular weight is 353 g/mol. The Balaban J connectivity index is 1.64. The van der Waals surface area contributed by atoms with Crippen LogP contribution in [0.3, 0.4) is 0 Å². The topological polar surface area (TPSA) is 83.8 Å². The van der Waals surface area contributed by atoms with Gasteiger partial charge in [0.1, 0.15) is 5.69 Å². The summed E-state index contributed by atoms with van der Waals surface area (Å²) in [6.45, 7) is 1.91. The van der Waals surface area contributed by atoms with Gasteiger partial charge in [-0.1, -0.05) is 17.7 Å². The van der Waals surface area contributed by atoms with E-state index in [1.54, 1.807) is 18.2 Å². The Morgan fingerprint density at radius 3 is 2.88 bits per heavy atom. The SMILES string of the molecule is Cc1ccc(-c2nnco2)cc1NC(=O)c1cc2cc(Cl)ccc2[nH]1. The molecule has 6 nitrogen and oxygen atoms in total. The maximum atomic E-state index is 12.6. The summed E-state index contributed by atoms with van der Waals surface area (Å²) in [6.07, 6.45) is 1.27. The molecule has 0 fully saturated rings. The standard InChI is InChI=1S/C18H13ClN4O2/c1-10-2-3-11(18-23-20-9-25-18)7-15(10)22-17(24)16-8-12-6-13(19)4-5-14(12)21-16/h2-9,21H,1H3,(H,22,24). The first-order chi connectivity index (χ1) is 12.1. The number of aryl methyl sites for hydroxylation is 1. The van der Waals surface area contributed by atoms with Crippen LogP contribution in [0.15, 0.2) is 53.3 Å². The third-order valence-electron chi connectivity index (χ3n) is 3.92. The summed E-state index contributed by atoms with van der Waals surface area (Å²) < 4.78 is 5.20. The van der Waals surface area contributed by atoms with Gasteiger partial charge in [-0.3, -0.25) is 4.79 Å². The summed E-state index contributed by atoms with van der Waals surface area (Å²) in [4.78, 5) is 15.7. The van der Waals surface area contributed by atoms with E-state index < -0.39 is 0 Å². The molecule has 2 N–H and O–H groups in total. The molecule has 0 aliphatic rings. The highest BCUT2D eigenvalue weighted by Gasteiger charge is 2.13. The van der Waals surface area contributed by atoms with Gasteiger partial charge in [-0.15, -0.1) is 10.2 Å². The third kappa shape index (κ3) is 2.99. The van der Waals surface area contributed by atoms with E-state index in [1.807, 2.05) is 31.2 Å². The van der Waals surface area contributed by atoms with Crippen LogP contribution in [0.2, 0.25) is 5.02 Å². The number of carbonyl (C=O) groups excluding carboxylic acids is 1. The molecule has 0 spiro atoms. The van der Waals surface area contributed by atoms with Gasteiger partial charge >= 0.3 is 0 Å². The number of amides is 1. The number of hydrogen-bond acceptors (Lipinski definition) is 4. The molecule has 7 heteroatoms. The fourth-order valence-electron chi connectivity index (χ4n) is 2.60. The number of aromatic nitrogens is 3. The normalized spacial score (nSPS) is 11.0. The van der Waals surface area contributed by atoms with E-state index >= 15 is 0 Å². The van der Waals surface area contributed by atoms with Crippen LogP contribution in [-0.2, 0) is 0 Å². The zero-order chi connectivity index (χ0) is 17.4. The predicted octanol–water partition coefficient (Wildman–Crippen LogP) is 4.43. The molecule has 0 unspecified atom stereocenters. The van der Waals surface area contributed by atoms with Gasteiger partial charge in [0.25, 0.3) is 5.91 Å². The Morgan fingerprint density at radius 1 is 1.20 bits per heavy atom. The molecule has 4 aromatic rings. The Labute approximate surface area is 147 Å². The van der Waals surface area contributed by atoms with Crippen LogP contribution in [0.25, 0.3) is 22.4 Å². The third-order valence-corrected chi connectivity index (χ3v) is 4.16. The minimum atomic E-state index is -0.238. The van der Waals surface area contributed by atoms with E-state index in [0.29, 0.717) is 22.3 Å². The van der Waals surface area contributed by atoms with Gasteiger partial charge in [0.2, 0.25) is 12.3 Å². The van der Waals surface area contributed by atoms with Crippen molar-refractivity contribution in [2.24, 2.45) is 0 Å². The van der Waals surface area contributed by atoms with E-state index in [2.05, 4.69) is 20.5 Å². The predicted molar refractivity (Wildman–Crippen MR) is 95.7 cm³/mol. The minimum absolute atomic E-state index is 0.238. The fourth-order valence-corrected chi connectivity index (χ4v) is 2.78. The summed E-state index contributed by atoms with van der Waals surface area (Å²) >= 11 is 5.99. The number of benzene rings is 2. The number of aromatic amines is 1. The summed E-state index contributed by atoms with van der Waals surface area (Å²) in [5, 5.41) is 12.0. The lowest BCUT2D eigenvalue weighted by Gasteiger charge is -2.08. The van der Waals surface area contributed by atoms with Crippen molar-refractivity contribution in [3.05, 3.63) is 65.1 Å². The Kier molecular flexibility index (Phi) is 3.74. The van der Waals surface area contributed by atoms with Gasteiger partial charge in [0.15, 0.2) is 0 Å². The summed E-state index contributed by atoms with van der Waals surface area (Å²) in [6, 6.07) is 12.8. The first-order valence-corrected chi connectivity index (χ1v) is 7.95. The van der Waals surface area contributed by atoms with Crippen molar-refractivity contribution in [1.29, 1.82) is 0 Å². The monoisotopic (exact) mass is 352 g/mol. The van der Waals surface area contributed by atoms with Gasteiger partial charge in [-0.2, -0.15) is 0 Å². The number of rotatable bonds is 3. The van der Waals surface area contributed by atoms with Crippen LogP contribution in [0.4, 0.5) is 5.69 Å². The van der Waals surface area contributed by atoms with Gasteiger partial charge in [-0.05, 0) is 48.9 Å². The van der Waals surface area contributed by atoms with Crippen molar-refractivity contribution in [3.8, 4) is 11.5 Å². The Hall–Kier alpha value is -3.12. The first kappa shape index (κ1) is 15.4. The molecule has 25 heavy (non-hydrogen) atoms. The van der Waals surface area contributed by atoms with Crippen LogP contribution in [-0.4, -0.2) is 21.1 Å². The molecular formula is C18H13ClN4O2. The van der Waals surface area contributed by atoms with Crippen molar-refractivity contribution in [2.45, 2.75) is 6.92 Å². The fraction of sp³-hybridized carbons (Fsp3) is 0.0556. The number of halogens is 1. The second-order valence-electron chi connectivity index (χ2n) is 5.64. The number of hydrogen-bond donors (Lipinski definition) is 2. The molecule has 0 bridgehead atoms. The van der Waals surface area contributed by atoms with Crippen molar-refractivity contribution < 1.29 is 9.21 Å². The highest BCUT2D eigenvalue weighted by atomic mass is 35.5. The summed E-state index contributed by atoms with van der Waals surface area (Å²) in [5.41, 5.74) is 3.65. The highest BCUT2D eigenvalue weighted by molar-refractivity contribution is 6.31. The van der Waals surface area contributed by atoms with Crippen LogP contribution in [0, 0.1) is 6.92 Å². The van der Waals surface area contributed by atoms with E-state index in [-0.39, 0.29) is 5.91 Å². The molecule has 0 radical (unpaired) electrons. The number of H-pyrrole nitrogens is 1. The number of nitrogens with one attached hydrogen (secondary N) is 2. The molecule has 124 valence electrons. The highest BCUT2D eigenvalue weighted by Crippen LogP contribution is 2.25. The second-order valence-corrected chi connectivity index (χ2v) is 6.08. The van der Waals surface area contributed by atoms with Gasteiger partial charge in [-0.25, -0.2) is 0 Å². The summed E-state index contributed by atoms with van der Waals surface area (Å²) in [7, 11) is 0. The average Bonchev–Trinajstić information content (AvgIpc) is 3.25. The minimum Gasteiger partial charge on any atom is -0.423 e. The number of anilines is 1. The molecule has 4 rings (SSSR count). The van der Waals surface area contributed by atoms with Crippen LogP contribution >= 0.6 is 11.6 Å². The molecule has 2 aromatic carbocycles. The lowest BCUT2D eigenvalue weighted by Crippen LogP contribution is -2.13. The van der Waals surface area contributed by atoms with Crippen molar-refractivity contribution in [2.75, 3.05) is 5.32 Å². The second kappa shape index (κ2) is 6.07. The van der Waals surface area contributed by atoms with Gasteiger partial charge in [0.05, 0.1) is 0 Å². The smallest absolute Gasteiger partial charge is 0.272 e. The van der Waals surface area contributed by atoms with Crippen molar-refractivity contribution in [3.63, 3.8) is 0 Å².